The van der Waals surface area contributed by atoms with Crippen LogP contribution in [0, 0.1) is 0 Å². The van der Waals surface area contributed by atoms with Crippen molar-refractivity contribution in [2.24, 2.45) is 0 Å². The minimum atomic E-state index is 0.617. The summed E-state index contributed by atoms with van der Waals surface area (Å²) in [6.45, 7) is 1.39. The lowest BCUT2D eigenvalue weighted by atomic mass is 10.1. The lowest BCUT2D eigenvalue weighted by Gasteiger charge is -2.11. The fourth-order valence-electron chi connectivity index (χ4n) is 3.06. The van der Waals surface area contributed by atoms with Crippen molar-refractivity contribution < 1.29 is 4.74 Å². The second kappa shape index (κ2) is 7.22. The molecular weight excluding hydrogens is 308 g/mol. The van der Waals surface area contributed by atoms with Gasteiger partial charge in [0.2, 0.25) is 0 Å². The largest absolute Gasteiger partial charge is 0.492 e. The zero-order valence-corrected chi connectivity index (χ0v) is 14.0. The van der Waals surface area contributed by atoms with Gasteiger partial charge in [-0.25, -0.2) is 4.98 Å². The molecule has 0 aliphatic carbocycles. The van der Waals surface area contributed by atoms with Crippen LogP contribution in [0.25, 0.3) is 11.0 Å². The number of imidazole rings is 1. The van der Waals surface area contributed by atoms with Crippen molar-refractivity contribution in [2.75, 3.05) is 6.61 Å². The van der Waals surface area contributed by atoms with Crippen LogP contribution in [-0.4, -0.2) is 16.2 Å². The standard InChI is InChI=1S/C22H20N2O/c1-3-9-18(10-4-1)17-22-23-20-13-7-8-14-21(20)24(22)15-16-25-19-11-5-2-6-12-19/h1-14H,15-17H2. The number of ether oxygens (including phenoxy) is 1. The lowest BCUT2D eigenvalue weighted by Crippen LogP contribution is -2.11. The van der Waals surface area contributed by atoms with E-state index in [1.807, 2.05) is 42.5 Å². The Bertz CT molecular complexity index is 946. The van der Waals surface area contributed by atoms with Crippen LogP contribution in [0.2, 0.25) is 0 Å². The van der Waals surface area contributed by atoms with E-state index in [2.05, 4.69) is 47.0 Å². The molecule has 25 heavy (non-hydrogen) atoms. The van der Waals surface area contributed by atoms with Crippen molar-refractivity contribution in [3.05, 3.63) is 96.3 Å². The molecule has 0 aliphatic heterocycles. The highest BCUT2D eigenvalue weighted by Gasteiger charge is 2.11. The molecule has 4 aromatic rings. The number of nitrogens with zero attached hydrogens (tertiary/aromatic N) is 2. The fraction of sp³-hybridized carbons (Fsp3) is 0.136. The highest BCUT2D eigenvalue weighted by Crippen LogP contribution is 2.19. The number of hydrogen-bond acceptors (Lipinski definition) is 2. The van der Waals surface area contributed by atoms with E-state index in [4.69, 9.17) is 9.72 Å². The number of para-hydroxylation sites is 3. The Kier molecular flexibility index (Phi) is 4.46. The Hall–Kier alpha value is -3.07. The van der Waals surface area contributed by atoms with E-state index >= 15 is 0 Å². The van der Waals surface area contributed by atoms with Crippen LogP contribution in [0.4, 0.5) is 0 Å². The molecule has 0 aliphatic rings. The number of rotatable bonds is 6. The highest BCUT2D eigenvalue weighted by molar-refractivity contribution is 5.76. The maximum Gasteiger partial charge on any atom is 0.119 e. The second-order valence-corrected chi connectivity index (χ2v) is 5.99. The zero-order valence-electron chi connectivity index (χ0n) is 14.0. The summed E-state index contributed by atoms with van der Waals surface area (Å²) in [4.78, 5) is 4.84. The van der Waals surface area contributed by atoms with Gasteiger partial charge in [-0.05, 0) is 29.8 Å². The quantitative estimate of drug-likeness (QED) is 0.513. The van der Waals surface area contributed by atoms with Gasteiger partial charge in [0.25, 0.3) is 0 Å². The Morgan fingerprint density at radius 3 is 2.24 bits per heavy atom. The molecule has 0 saturated carbocycles. The van der Waals surface area contributed by atoms with Crippen LogP contribution in [0.3, 0.4) is 0 Å². The van der Waals surface area contributed by atoms with E-state index in [0.29, 0.717) is 6.61 Å². The van der Waals surface area contributed by atoms with Crippen molar-refractivity contribution in [3.63, 3.8) is 0 Å². The van der Waals surface area contributed by atoms with Crippen LogP contribution in [0.5, 0.6) is 5.75 Å². The molecule has 0 N–H and O–H groups in total. The summed E-state index contributed by atoms with van der Waals surface area (Å²) in [6.07, 6.45) is 0.820. The average molecular weight is 328 g/mol. The number of hydrogen-bond donors (Lipinski definition) is 0. The van der Waals surface area contributed by atoms with E-state index in [0.717, 1.165) is 35.6 Å². The van der Waals surface area contributed by atoms with E-state index in [1.165, 1.54) is 5.56 Å². The summed E-state index contributed by atoms with van der Waals surface area (Å²) < 4.78 is 8.15. The molecule has 0 atom stereocenters. The van der Waals surface area contributed by atoms with Crippen molar-refractivity contribution >= 4 is 11.0 Å². The van der Waals surface area contributed by atoms with Gasteiger partial charge in [0.15, 0.2) is 0 Å². The Morgan fingerprint density at radius 1 is 0.760 bits per heavy atom. The molecule has 3 aromatic carbocycles. The Labute approximate surface area is 147 Å². The van der Waals surface area contributed by atoms with Crippen LogP contribution >= 0.6 is 0 Å². The minimum Gasteiger partial charge on any atom is -0.492 e. The van der Waals surface area contributed by atoms with Crippen LogP contribution in [0.15, 0.2) is 84.9 Å². The van der Waals surface area contributed by atoms with Crippen molar-refractivity contribution in [1.29, 1.82) is 0 Å². The fourth-order valence-corrected chi connectivity index (χ4v) is 3.06. The third-order valence-electron chi connectivity index (χ3n) is 4.27. The van der Waals surface area contributed by atoms with E-state index < -0.39 is 0 Å². The van der Waals surface area contributed by atoms with Gasteiger partial charge in [0.1, 0.15) is 18.2 Å². The van der Waals surface area contributed by atoms with Gasteiger partial charge in [-0.1, -0.05) is 60.7 Å². The van der Waals surface area contributed by atoms with Gasteiger partial charge in [-0.15, -0.1) is 0 Å². The van der Waals surface area contributed by atoms with Gasteiger partial charge in [0, 0.05) is 6.42 Å². The predicted molar refractivity (Wildman–Crippen MR) is 101 cm³/mol. The molecule has 0 bridgehead atoms. The van der Waals surface area contributed by atoms with Crippen molar-refractivity contribution in [3.8, 4) is 5.75 Å². The molecule has 3 nitrogen and oxygen atoms in total. The van der Waals surface area contributed by atoms with Gasteiger partial charge in [-0.2, -0.15) is 0 Å². The first-order chi connectivity index (χ1) is 12.4. The number of fused-ring (bicyclic) bond motifs is 1. The summed E-state index contributed by atoms with van der Waals surface area (Å²) in [6, 6.07) is 28.7. The number of aromatic nitrogens is 2. The molecule has 0 amide bonds. The topological polar surface area (TPSA) is 27.1 Å². The third-order valence-corrected chi connectivity index (χ3v) is 4.27. The average Bonchev–Trinajstić information content (AvgIpc) is 3.01. The van der Waals surface area contributed by atoms with Crippen LogP contribution in [0.1, 0.15) is 11.4 Å². The smallest absolute Gasteiger partial charge is 0.119 e. The molecule has 0 unspecified atom stereocenters. The summed E-state index contributed by atoms with van der Waals surface area (Å²) in [5.41, 5.74) is 3.46. The summed E-state index contributed by atoms with van der Waals surface area (Å²) in [5.74, 6) is 1.97. The Balaban J connectivity index is 1.58. The van der Waals surface area contributed by atoms with Crippen molar-refractivity contribution in [1.82, 2.24) is 9.55 Å². The first-order valence-corrected chi connectivity index (χ1v) is 8.56. The maximum absolute atomic E-state index is 5.88. The predicted octanol–water partition coefficient (Wildman–Crippen LogP) is 4.71. The molecule has 1 heterocycles. The SMILES string of the molecule is c1ccc(Cc2nc3ccccc3n2CCOc2ccccc2)cc1. The minimum absolute atomic E-state index is 0.617. The molecule has 0 saturated heterocycles. The number of benzene rings is 3. The summed E-state index contributed by atoms with van der Waals surface area (Å²) in [7, 11) is 0. The summed E-state index contributed by atoms with van der Waals surface area (Å²) in [5, 5.41) is 0. The summed E-state index contributed by atoms with van der Waals surface area (Å²) >= 11 is 0. The van der Waals surface area contributed by atoms with E-state index in [9.17, 15) is 0 Å². The lowest BCUT2D eigenvalue weighted by molar-refractivity contribution is 0.298. The van der Waals surface area contributed by atoms with Crippen molar-refractivity contribution in [2.45, 2.75) is 13.0 Å². The molecular formula is C22H20N2O. The molecule has 1 aromatic heterocycles. The highest BCUT2D eigenvalue weighted by atomic mass is 16.5. The van der Waals surface area contributed by atoms with Crippen LogP contribution in [-0.2, 0) is 13.0 Å². The van der Waals surface area contributed by atoms with Gasteiger partial charge in [0.05, 0.1) is 17.6 Å². The molecule has 4 rings (SSSR count). The monoisotopic (exact) mass is 328 g/mol. The zero-order chi connectivity index (χ0) is 16.9. The van der Waals surface area contributed by atoms with Gasteiger partial charge >= 0.3 is 0 Å². The molecule has 0 radical (unpaired) electrons. The molecule has 0 spiro atoms. The first-order valence-electron chi connectivity index (χ1n) is 8.56. The maximum atomic E-state index is 5.88. The first kappa shape index (κ1) is 15.5. The third kappa shape index (κ3) is 3.56. The Morgan fingerprint density at radius 2 is 1.44 bits per heavy atom. The van der Waals surface area contributed by atoms with Crippen LogP contribution < -0.4 is 4.74 Å². The van der Waals surface area contributed by atoms with E-state index in [1.54, 1.807) is 0 Å². The van der Waals surface area contributed by atoms with Gasteiger partial charge in [-0.3, -0.25) is 0 Å². The molecule has 3 heteroatoms. The molecule has 124 valence electrons. The van der Waals surface area contributed by atoms with Gasteiger partial charge < -0.3 is 9.30 Å². The molecule has 0 fully saturated rings. The normalized spacial score (nSPS) is 10.9. The second-order valence-electron chi connectivity index (χ2n) is 5.99. The van der Waals surface area contributed by atoms with E-state index in [-0.39, 0.29) is 0 Å².